The average Bonchev–Trinajstić information content (AvgIpc) is 2.76. The van der Waals surface area contributed by atoms with Gasteiger partial charge in [-0.25, -0.2) is 0 Å². The molecule has 1 aliphatic heterocycles. The molecule has 0 aromatic carbocycles. The Kier molecular flexibility index (Phi) is 7.31. The number of halogens is 1. The molecule has 0 aromatic heterocycles. The fourth-order valence-corrected chi connectivity index (χ4v) is 2.38. The molecule has 3 N–H and O–H groups in total. The molecule has 8 heteroatoms. The first-order valence-electron chi connectivity index (χ1n) is 6.97. The second-order valence-corrected chi connectivity index (χ2v) is 6.55. The summed E-state index contributed by atoms with van der Waals surface area (Å²) in [6, 6.07) is 0. The van der Waals surface area contributed by atoms with Crippen LogP contribution < -0.4 is 10.6 Å². The summed E-state index contributed by atoms with van der Waals surface area (Å²) in [5.41, 5.74) is -0.857. The Morgan fingerprint density at radius 1 is 1.14 bits per heavy atom. The maximum absolute atomic E-state index is 12.1. The van der Waals surface area contributed by atoms with Crippen LogP contribution in [0, 0.1) is 0 Å². The van der Waals surface area contributed by atoms with Gasteiger partial charge in [-0.1, -0.05) is 6.92 Å². The first-order chi connectivity index (χ1) is 9.74. The van der Waals surface area contributed by atoms with Crippen molar-refractivity contribution in [2.75, 3.05) is 13.1 Å². The summed E-state index contributed by atoms with van der Waals surface area (Å²) in [4.78, 5) is 24.0. The third-order valence-electron chi connectivity index (χ3n) is 2.88. The Hall–Kier alpha value is -0.450. The highest BCUT2D eigenvalue weighted by Crippen LogP contribution is 2.24. The van der Waals surface area contributed by atoms with Crippen molar-refractivity contribution >= 4 is 34.4 Å². The van der Waals surface area contributed by atoms with Gasteiger partial charge in [0, 0.05) is 13.1 Å². The Morgan fingerprint density at radius 2 is 1.62 bits per heavy atom. The van der Waals surface area contributed by atoms with Gasteiger partial charge in [-0.3, -0.25) is 9.59 Å². The molecule has 0 bridgehead atoms. The first kappa shape index (κ1) is 18.6. The normalized spacial score (nSPS) is 25.7. The topological polar surface area (TPSA) is 96.9 Å². The molecule has 0 saturated carbocycles. The molecular formula is C13H23IN2O5. The monoisotopic (exact) mass is 414 g/mol. The Labute approximate surface area is 138 Å². The van der Waals surface area contributed by atoms with Crippen LogP contribution in [0.25, 0.3) is 0 Å². The number of carbonyl (C=O) groups is 2. The summed E-state index contributed by atoms with van der Waals surface area (Å²) in [5, 5.41) is 15.0. The van der Waals surface area contributed by atoms with Gasteiger partial charge in [0.05, 0.1) is 5.60 Å². The van der Waals surface area contributed by atoms with Crippen molar-refractivity contribution < 1.29 is 24.2 Å². The molecule has 1 aliphatic rings. The molecule has 1 saturated heterocycles. The van der Waals surface area contributed by atoms with Crippen LogP contribution >= 0.6 is 22.6 Å². The third kappa shape index (κ3) is 6.45. The van der Waals surface area contributed by atoms with E-state index in [-0.39, 0.29) is 5.91 Å². The largest absolute Gasteiger partial charge is 0.390 e. The molecule has 1 heterocycles. The van der Waals surface area contributed by atoms with Crippen molar-refractivity contribution in [3.05, 3.63) is 0 Å². The standard InChI is InChI=1S/C13H23IN2O5/c1-4-6-15-10(17)8-9(21-12(14)20-8)11(18)16-7-5-13(2,3)19/h8-9,12,19H,4-7H2,1-3H3,(H,15,17)(H,16,18)/t8-,9-,12?/m1/s1. The van der Waals surface area contributed by atoms with Gasteiger partial charge in [0.2, 0.25) is 4.30 Å². The molecule has 122 valence electrons. The third-order valence-corrected chi connectivity index (χ3v) is 3.47. The number of hydrogen-bond donors (Lipinski definition) is 3. The van der Waals surface area contributed by atoms with E-state index >= 15 is 0 Å². The molecule has 1 fully saturated rings. The van der Waals surface area contributed by atoms with Crippen LogP contribution in [-0.2, 0) is 19.1 Å². The van der Waals surface area contributed by atoms with E-state index < -0.39 is 28.0 Å². The summed E-state index contributed by atoms with van der Waals surface area (Å²) in [7, 11) is 0. The lowest BCUT2D eigenvalue weighted by atomic mass is 10.1. The highest BCUT2D eigenvalue weighted by molar-refractivity contribution is 14.1. The Balaban J connectivity index is 2.53. The van der Waals surface area contributed by atoms with E-state index in [0.29, 0.717) is 19.5 Å². The maximum Gasteiger partial charge on any atom is 0.252 e. The molecule has 3 atom stereocenters. The quantitative estimate of drug-likeness (QED) is 0.411. The second-order valence-electron chi connectivity index (χ2n) is 5.53. The molecule has 21 heavy (non-hydrogen) atoms. The van der Waals surface area contributed by atoms with Gasteiger partial charge in [-0.05, 0) is 49.3 Å². The average molecular weight is 414 g/mol. The molecule has 7 nitrogen and oxygen atoms in total. The van der Waals surface area contributed by atoms with E-state index in [4.69, 9.17) is 9.47 Å². The zero-order chi connectivity index (χ0) is 16.0. The van der Waals surface area contributed by atoms with E-state index in [1.54, 1.807) is 13.8 Å². The minimum absolute atomic E-state index is 0.303. The minimum Gasteiger partial charge on any atom is -0.390 e. The maximum atomic E-state index is 12.1. The van der Waals surface area contributed by atoms with Crippen LogP contribution in [-0.4, -0.2) is 52.1 Å². The van der Waals surface area contributed by atoms with Gasteiger partial charge in [0.25, 0.3) is 11.8 Å². The first-order valence-corrected chi connectivity index (χ1v) is 8.22. The zero-order valence-electron chi connectivity index (χ0n) is 12.5. The fourth-order valence-electron chi connectivity index (χ4n) is 1.74. The van der Waals surface area contributed by atoms with Gasteiger partial charge in [-0.15, -0.1) is 0 Å². The molecular weight excluding hydrogens is 391 g/mol. The fraction of sp³-hybridized carbons (Fsp3) is 0.846. The number of hydrogen-bond acceptors (Lipinski definition) is 5. The van der Waals surface area contributed by atoms with Crippen LogP contribution in [0.5, 0.6) is 0 Å². The van der Waals surface area contributed by atoms with Crippen LogP contribution in [0.1, 0.15) is 33.6 Å². The van der Waals surface area contributed by atoms with Gasteiger partial charge < -0.3 is 25.2 Å². The number of carbonyl (C=O) groups excluding carboxylic acids is 2. The van der Waals surface area contributed by atoms with Gasteiger partial charge in [0.1, 0.15) is 0 Å². The number of nitrogens with one attached hydrogen (secondary N) is 2. The lowest BCUT2D eigenvalue weighted by Gasteiger charge is -2.19. The molecule has 0 radical (unpaired) electrons. The second kappa shape index (κ2) is 8.25. The van der Waals surface area contributed by atoms with Gasteiger partial charge >= 0.3 is 0 Å². The van der Waals surface area contributed by atoms with Crippen molar-refractivity contribution in [2.45, 2.75) is 55.7 Å². The van der Waals surface area contributed by atoms with Crippen molar-refractivity contribution in [3.63, 3.8) is 0 Å². The van der Waals surface area contributed by atoms with Crippen molar-refractivity contribution in [3.8, 4) is 0 Å². The number of rotatable bonds is 7. The van der Waals surface area contributed by atoms with Crippen molar-refractivity contribution in [2.24, 2.45) is 0 Å². The smallest absolute Gasteiger partial charge is 0.252 e. The van der Waals surface area contributed by atoms with Crippen LogP contribution in [0.15, 0.2) is 0 Å². The molecule has 1 rings (SSSR count). The predicted octanol–water partition coefficient (Wildman–Crippen LogP) is 0.292. The van der Waals surface area contributed by atoms with Crippen molar-refractivity contribution in [1.29, 1.82) is 0 Å². The van der Waals surface area contributed by atoms with E-state index in [0.717, 1.165) is 6.42 Å². The Bertz CT molecular complexity index is 372. The molecule has 0 aliphatic carbocycles. The molecule has 0 aromatic rings. The van der Waals surface area contributed by atoms with E-state index in [9.17, 15) is 14.7 Å². The number of ether oxygens (including phenoxy) is 2. The SMILES string of the molecule is CCCNC(=O)[C@@H]1OC(I)O[C@H]1C(=O)NCCC(C)(C)O. The van der Waals surface area contributed by atoms with Crippen molar-refractivity contribution in [1.82, 2.24) is 10.6 Å². The predicted molar refractivity (Wildman–Crippen MR) is 84.8 cm³/mol. The summed E-state index contributed by atoms with van der Waals surface area (Å²) in [6.45, 7) is 6.09. The van der Waals surface area contributed by atoms with Crippen LogP contribution in [0.4, 0.5) is 0 Å². The van der Waals surface area contributed by atoms with E-state index in [1.807, 2.05) is 29.5 Å². The molecule has 1 unspecified atom stereocenters. The molecule has 2 amide bonds. The highest BCUT2D eigenvalue weighted by atomic mass is 127. The number of amides is 2. The van der Waals surface area contributed by atoms with Crippen LogP contribution in [0.2, 0.25) is 0 Å². The summed E-state index contributed by atoms with van der Waals surface area (Å²) >= 11 is 1.87. The van der Waals surface area contributed by atoms with Crippen LogP contribution in [0.3, 0.4) is 0 Å². The van der Waals surface area contributed by atoms with E-state index in [1.165, 1.54) is 0 Å². The Morgan fingerprint density at radius 3 is 2.05 bits per heavy atom. The number of alkyl halides is 1. The summed E-state index contributed by atoms with van der Waals surface area (Å²) in [6.07, 6.45) is -0.701. The highest BCUT2D eigenvalue weighted by Gasteiger charge is 2.44. The van der Waals surface area contributed by atoms with E-state index in [2.05, 4.69) is 10.6 Å². The van der Waals surface area contributed by atoms with Gasteiger partial charge in [0.15, 0.2) is 12.2 Å². The lowest BCUT2D eigenvalue weighted by Crippen LogP contribution is -2.48. The van der Waals surface area contributed by atoms with Gasteiger partial charge in [-0.2, -0.15) is 0 Å². The zero-order valence-corrected chi connectivity index (χ0v) is 14.7. The summed E-state index contributed by atoms with van der Waals surface area (Å²) in [5.74, 6) is -0.756. The minimum atomic E-state index is -0.967. The summed E-state index contributed by atoms with van der Waals surface area (Å²) < 4.78 is 10.1. The lowest BCUT2D eigenvalue weighted by molar-refractivity contribution is -0.137. The number of aliphatic hydroxyl groups is 1. The molecule has 0 spiro atoms.